The second kappa shape index (κ2) is 9.59. The number of sulfonamides is 1. The molecule has 0 amide bonds. The molecule has 2 saturated heterocycles. The average Bonchev–Trinajstić information content (AvgIpc) is 3.12. The molecule has 3 aliphatic heterocycles. The molecule has 184 valence electrons. The molecule has 1 atom stereocenters. The van der Waals surface area contributed by atoms with Crippen molar-refractivity contribution < 1.29 is 18.1 Å². The number of non-ortho nitro benzene ring substituents is 1. The van der Waals surface area contributed by atoms with Crippen LogP contribution >= 0.6 is 0 Å². The standard InChI is InChI=1S/C22H30N6O5S/c29-28(30)18-7-8-19(20(15-18)34(31,32)26-11-13-33-14-12-26)25-9-4-5-17(16-25)22-24-23-21-6-2-1-3-10-27(21)22/h7-8,15,17H,1-6,9-14,16H2. The summed E-state index contributed by atoms with van der Waals surface area (Å²) in [6.07, 6.45) is 6.19. The summed E-state index contributed by atoms with van der Waals surface area (Å²) in [5.74, 6) is 2.14. The zero-order valence-electron chi connectivity index (χ0n) is 19.1. The van der Waals surface area contributed by atoms with E-state index in [0.29, 0.717) is 32.0 Å². The fraction of sp³-hybridized carbons (Fsp3) is 0.636. The highest BCUT2D eigenvalue weighted by molar-refractivity contribution is 7.89. The normalized spacial score (nSPS) is 22.2. The quantitative estimate of drug-likeness (QED) is 0.462. The molecule has 4 heterocycles. The Morgan fingerprint density at radius 2 is 1.85 bits per heavy atom. The highest BCUT2D eigenvalue weighted by atomic mass is 32.2. The van der Waals surface area contributed by atoms with Gasteiger partial charge in [-0.25, -0.2) is 8.42 Å². The van der Waals surface area contributed by atoms with Crippen molar-refractivity contribution in [3.8, 4) is 0 Å². The maximum absolute atomic E-state index is 13.6. The van der Waals surface area contributed by atoms with Crippen molar-refractivity contribution in [3.05, 3.63) is 40.0 Å². The number of aryl methyl sites for hydroxylation is 1. The van der Waals surface area contributed by atoms with Gasteiger partial charge in [-0.3, -0.25) is 10.1 Å². The molecule has 1 aromatic heterocycles. The Morgan fingerprint density at radius 3 is 2.65 bits per heavy atom. The van der Waals surface area contributed by atoms with E-state index in [4.69, 9.17) is 4.74 Å². The number of benzene rings is 1. The van der Waals surface area contributed by atoms with Crippen molar-refractivity contribution in [2.45, 2.75) is 55.9 Å². The van der Waals surface area contributed by atoms with E-state index >= 15 is 0 Å². The third-order valence-corrected chi connectivity index (χ3v) is 8.94. The van der Waals surface area contributed by atoms with Gasteiger partial charge in [0.25, 0.3) is 5.69 Å². The van der Waals surface area contributed by atoms with Gasteiger partial charge in [0, 0.05) is 57.2 Å². The molecule has 3 aliphatic rings. The number of anilines is 1. The smallest absolute Gasteiger partial charge is 0.270 e. The van der Waals surface area contributed by atoms with Gasteiger partial charge in [-0.15, -0.1) is 10.2 Å². The van der Waals surface area contributed by atoms with Crippen LogP contribution in [0.1, 0.15) is 49.7 Å². The van der Waals surface area contributed by atoms with Gasteiger partial charge in [-0.2, -0.15) is 4.31 Å². The largest absolute Gasteiger partial charge is 0.379 e. The fourth-order valence-corrected chi connectivity index (χ4v) is 6.87. The molecule has 12 heteroatoms. The third-order valence-electron chi connectivity index (χ3n) is 7.01. The number of nitrogens with zero attached hydrogens (tertiary/aromatic N) is 6. The number of nitro groups is 1. The van der Waals surface area contributed by atoms with Crippen LogP contribution in [0.2, 0.25) is 0 Å². The maximum Gasteiger partial charge on any atom is 0.270 e. The van der Waals surface area contributed by atoms with Gasteiger partial charge in [0.2, 0.25) is 10.0 Å². The molecule has 2 aromatic rings. The van der Waals surface area contributed by atoms with Crippen molar-refractivity contribution in [1.82, 2.24) is 19.1 Å². The predicted octanol–water partition coefficient (Wildman–Crippen LogP) is 2.32. The number of morpholine rings is 1. The molecule has 0 radical (unpaired) electrons. The molecule has 1 unspecified atom stereocenters. The van der Waals surface area contributed by atoms with Gasteiger partial charge in [0.15, 0.2) is 0 Å². The van der Waals surface area contributed by atoms with E-state index in [1.165, 1.54) is 22.9 Å². The Hall–Kier alpha value is -2.57. The summed E-state index contributed by atoms with van der Waals surface area (Å²) < 4.78 is 36.0. The lowest BCUT2D eigenvalue weighted by Crippen LogP contribution is -2.42. The van der Waals surface area contributed by atoms with E-state index < -0.39 is 14.9 Å². The number of piperidine rings is 1. The summed E-state index contributed by atoms with van der Waals surface area (Å²) in [6.45, 7) is 3.29. The van der Waals surface area contributed by atoms with Crippen LogP contribution in [-0.2, 0) is 27.7 Å². The Labute approximate surface area is 198 Å². The highest BCUT2D eigenvalue weighted by Gasteiger charge is 2.34. The molecule has 0 saturated carbocycles. The molecule has 0 bridgehead atoms. The first kappa shape index (κ1) is 23.2. The number of aromatic nitrogens is 3. The van der Waals surface area contributed by atoms with Crippen LogP contribution in [0.4, 0.5) is 11.4 Å². The van der Waals surface area contributed by atoms with Gasteiger partial charge >= 0.3 is 0 Å². The first-order valence-corrected chi connectivity index (χ1v) is 13.4. The van der Waals surface area contributed by atoms with E-state index in [2.05, 4.69) is 14.8 Å². The molecule has 0 spiro atoms. The van der Waals surface area contributed by atoms with Crippen LogP contribution in [0.3, 0.4) is 0 Å². The van der Waals surface area contributed by atoms with Gasteiger partial charge < -0.3 is 14.2 Å². The van der Waals surface area contributed by atoms with Gasteiger partial charge in [0.05, 0.1) is 23.8 Å². The monoisotopic (exact) mass is 490 g/mol. The second-order valence-electron chi connectivity index (χ2n) is 9.15. The second-order valence-corrected chi connectivity index (χ2v) is 11.1. The molecular formula is C22H30N6O5S. The summed E-state index contributed by atoms with van der Waals surface area (Å²) in [6, 6.07) is 4.17. The van der Waals surface area contributed by atoms with E-state index in [-0.39, 0.29) is 29.6 Å². The number of nitro benzene ring substituents is 1. The number of fused-ring (bicyclic) bond motifs is 1. The summed E-state index contributed by atoms with van der Waals surface area (Å²) in [7, 11) is -3.91. The Kier molecular flexibility index (Phi) is 6.54. The van der Waals surface area contributed by atoms with Gasteiger partial charge in [-0.05, 0) is 31.7 Å². The van der Waals surface area contributed by atoms with Crippen molar-refractivity contribution in [2.24, 2.45) is 0 Å². The van der Waals surface area contributed by atoms with Crippen molar-refractivity contribution in [3.63, 3.8) is 0 Å². The average molecular weight is 491 g/mol. The first-order chi connectivity index (χ1) is 16.4. The van der Waals surface area contributed by atoms with Gasteiger partial charge in [-0.1, -0.05) is 6.42 Å². The van der Waals surface area contributed by atoms with Crippen LogP contribution < -0.4 is 4.90 Å². The summed E-state index contributed by atoms with van der Waals surface area (Å²) in [5, 5.41) is 20.4. The topological polar surface area (TPSA) is 124 Å². The van der Waals surface area contributed by atoms with E-state index in [9.17, 15) is 18.5 Å². The lowest BCUT2D eigenvalue weighted by atomic mass is 9.96. The lowest BCUT2D eigenvalue weighted by molar-refractivity contribution is -0.385. The lowest BCUT2D eigenvalue weighted by Gasteiger charge is -2.36. The molecule has 0 aliphatic carbocycles. The Balaban J connectivity index is 1.48. The van der Waals surface area contributed by atoms with E-state index in [1.54, 1.807) is 6.07 Å². The third kappa shape index (κ3) is 4.41. The van der Waals surface area contributed by atoms with E-state index in [1.807, 2.05) is 4.90 Å². The Bertz CT molecular complexity index is 1160. The molecule has 0 N–H and O–H groups in total. The van der Waals surface area contributed by atoms with Crippen molar-refractivity contribution in [1.29, 1.82) is 0 Å². The maximum atomic E-state index is 13.6. The molecule has 5 rings (SSSR count). The molecule has 2 fully saturated rings. The fourth-order valence-electron chi connectivity index (χ4n) is 5.23. The molecule has 1 aromatic carbocycles. The number of hydrogen-bond donors (Lipinski definition) is 0. The zero-order valence-corrected chi connectivity index (χ0v) is 20.0. The first-order valence-electron chi connectivity index (χ1n) is 12.0. The Morgan fingerprint density at radius 1 is 1.03 bits per heavy atom. The summed E-state index contributed by atoms with van der Waals surface area (Å²) in [5.41, 5.74) is 0.282. The number of hydrogen-bond acceptors (Lipinski definition) is 8. The number of ether oxygens (including phenoxy) is 1. The minimum Gasteiger partial charge on any atom is -0.379 e. The minimum absolute atomic E-state index is 0.00989. The van der Waals surface area contributed by atoms with Crippen molar-refractivity contribution >= 4 is 21.4 Å². The molecule has 34 heavy (non-hydrogen) atoms. The van der Waals surface area contributed by atoms with Crippen LogP contribution in [0.15, 0.2) is 23.1 Å². The summed E-state index contributed by atoms with van der Waals surface area (Å²) in [4.78, 5) is 12.9. The number of rotatable bonds is 5. The predicted molar refractivity (Wildman–Crippen MR) is 124 cm³/mol. The highest BCUT2D eigenvalue weighted by Crippen LogP contribution is 2.36. The van der Waals surface area contributed by atoms with Crippen LogP contribution in [0.5, 0.6) is 0 Å². The van der Waals surface area contributed by atoms with E-state index in [0.717, 1.165) is 50.3 Å². The molecular weight excluding hydrogens is 460 g/mol. The zero-order chi connectivity index (χ0) is 23.7. The van der Waals surface area contributed by atoms with Crippen LogP contribution in [-0.4, -0.2) is 71.8 Å². The SMILES string of the molecule is O=[N+]([O-])c1ccc(N2CCCC(c3nnc4n3CCCCC4)C2)c(S(=O)(=O)N2CCOCC2)c1. The minimum atomic E-state index is -3.91. The summed E-state index contributed by atoms with van der Waals surface area (Å²) >= 11 is 0. The molecule has 11 nitrogen and oxygen atoms in total. The van der Waals surface area contributed by atoms with Crippen LogP contribution in [0.25, 0.3) is 0 Å². The van der Waals surface area contributed by atoms with Gasteiger partial charge in [0.1, 0.15) is 16.5 Å². The van der Waals surface area contributed by atoms with Crippen LogP contribution in [0, 0.1) is 10.1 Å². The van der Waals surface area contributed by atoms with Crippen molar-refractivity contribution in [2.75, 3.05) is 44.3 Å².